The van der Waals surface area contributed by atoms with Crippen molar-refractivity contribution in [2.45, 2.75) is 136 Å². The lowest BCUT2D eigenvalue weighted by atomic mass is 10.2. The van der Waals surface area contributed by atoms with E-state index < -0.39 is 32.5 Å². The van der Waals surface area contributed by atoms with Gasteiger partial charge in [0.1, 0.15) is 6.61 Å². The Bertz CT molecular complexity index is 1200. The Balaban J connectivity index is 4.20. The monoisotopic (exact) mass is 742 g/mol. The quantitative estimate of drug-likeness (QED) is 0.0295. The van der Waals surface area contributed by atoms with Crippen molar-refractivity contribution >= 4 is 19.8 Å². The largest absolute Gasteiger partial charge is 0.469 e. The molecule has 9 heteroatoms. The van der Waals surface area contributed by atoms with E-state index in [0.29, 0.717) is 25.7 Å². The van der Waals surface area contributed by atoms with E-state index >= 15 is 0 Å². The number of hydrogen-bond acceptors (Lipinski definition) is 6. The number of ether oxygens (including phenoxy) is 2. The maximum Gasteiger partial charge on any atom is 0.469 e. The van der Waals surface area contributed by atoms with Gasteiger partial charge in [0, 0.05) is 12.8 Å². The first-order valence-corrected chi connectivity index (χ1v) is 20.7. The molecule has 2 N–H and O–H groups in total. The van der Waals surface area contributed by atoms with E-state index in [0.717, 1.165) is 57.8 Å². The summed E-state index contributed by atoms with van der Waals surface area (Å²) in [4.78, 5) is 42.7. The Hall–Kier alpha value is -3.29. The van der Waals surface area contributed by atoms with E-state index in [1.165, 1.54) is 19.3 Å². The van der Waals surface area contributed by atoms with E-state index in [2.05, 4.69) is 110 Å². The number of phosphoric acid groups is 1. The van der Waals surface area contributed by atoms with Gasteiger partial charge in [-0.3, -0.25) is 14.1 Å². The Kier molecular flexibility index (Phi) is 35.1. The van der Waals surface area contributed by atoms with Gasteiger partial charge in [-0.05, 0) is 89.9 Å². The zero-order valence-corrected chi connectivity index (χ0v) is 32.8. The molecule has 0 radical (unpaired) electrons. The van der Waals surface area contributed by atoms with Crippen molar-refractivity contribution in [3.05, 3.63) is 109 Å². The minimum absolute atomic E-state index is 0.115. The molecule has 1 atom stereocenters. The summed E-state index contributed by atoms with van der Waals surface area (Å²) in [6.45, 7) is 3.42. The topological polar surface area (TPSA) is 119 Å². The van der Waals surface area contributed by atoms with Crippen LogP contribution >= 0.6 is 7.82 Å². The average Bonchev–Trinajstić information content (AvgIpc) is 3.11. The number of hydrogen-bond donors (Lipinski definition) is 2. The predicted octanol–water partition coefficient (Wildman–Crippen LogP) is 11.6. The molecule has 0 spiro atoms. The molecule has 292 valence electrons. The number of phosphoric ester groups is 1. The minimum atomic E-state index is -4.79. The first kappa shape index (κ1) is 48.7. The molecule has 0 rings (SSSR count). The molecule has 0 aromatic heterocycles. The maximum atomic E-state index is 12.3. The van der Waals surface area contributed by atoms with E-state index in [-0.39, 0.29) is 19.4 Å². The molecule has 0 amide bonds. The van der Waals surface area contributed by atoms with Gasteiger partial charge in [0.05, 0.1) is 6.61 Å². The van der Waals surface area contributed by atoms with Crippen molar-refractivity contribution in [1.82, 2.24) is 0 Å². The summed E-state index contributed by atoms with van der Waals surface area (Å²) in [5, 5.41) is 0. The van der Waals surface area contributed by atoms with Gasteiger partial charge >= 0.3 is 19.8 Å². The summed E-state index contributed by atoms with van der Waals surface area (Å²) in [5.74, 6) is -1.03. The van der Waals surface area contributed by atoms with Gasteiger partial charge < -0.3 is 19.3 Å². The summed E-state index contributed by atoms with van der Waals surface area (Å²) in [5.41, 5.74) is 0. The zero-order valence-electron chi connectivity index (χ0n) is 31.9. The highest BCUT2D eigenvalue weighted by atomic mass is 31.2. The molecule has 52 heavy (non-hydrogen) atoms. The number of carbonyl (C=O) groups is 2. The van der Waals surface area contributed by atoms with Crippen molar-refractivity contribution < 1.29 is 37.9 Å². The zero-order chi connectivity index (χ0) is 38.2. The Morgan fingerprint density at radius 3 is 1.31 bits per heavy atom. The maximum absolute atomic E-state index is 12.3. The lowest BCUT2D eigenvalue weighted by Gasteiger charge is -2.18. The second kappa shape index (κ2) is 37.5. The molecule has 0 bridgehead atoms. The molecule has 0 aromatic carbocycles. The third kappa shape index (κ3) is 39.5. The highest BCUT2D eigenvalue weighted by Gasteiger charge is 2.22. The van der Waals surface area contributed by atoms with E-state index in [4.69, 9.17) is 19.3 Å². The van der Waals surface area contributed by atoms with Gasteiger partial charge in [0.2, 0.25) is 0 Å². The van der Waals surface area contributed by atoms with Crippen LogP contribution in [0, 0.1) is 0 Å². The molecule has 0 aromatic rings. The molecule has 0 fully saturated rings. The SMILES string of the molecule is CC/C=C/C/C=C/C/C=C/C/C=C/C/C=C/CCCC(=O)O[C@H](COC(=O)CCC/C=C/C/C=C/C/C=C/C/C=C/CCCCC)COP(=O)(O)O. The fourth-order valence-electron chi connectivity index (χ4n) is 4.46. The number of esters is 2. The van der Waals surface area contributed by atoms with Crippen LogP contribution in [0.2, 0.25) is 0 Å². The molecule has 0 aliphatic rings. The number of unbranched alkanes of at least 4 members (excludes halogenated alkanes) is 5. The molecular weight excluding hydrogens is 675 g/mol. The molecular formula is C43H67O8P. The predicted molar refractivity (Wildman–Crippen MR) is 216 cm³/mol. The second-order valence-electron chi connectivity index (χ2n) is 12.2. The highest BCUT2D eigenvalue weighted by molar-refractivity contribution is 7.46. The number of carbonyl (C=O) groups excluding carboxylic acids is 2. The molecule has 0 aliphatic carbocycles. The van der Waals surface area contributed by atoms with Gasteiger partial charge in [0.15, 0.2) is 6.10 Å². The van der Waals surface area contributed by atoms with E-state index in [1.807, 2.05) is 18.2 Å². The molecule has 0 aliphatic heterocycles. The summed E-state index contributed by atoms with van der Waals surface area (Å²) in [6, 6.07) is 0. The van der Waals surface area contributed by atoms with Crippen molar-refractivity contribution in [2.75, 3.05) is 13.2 Å². The molecule has 0 unspecified atom stereocenters. The number of allylic oxidation sites excluding steroid dienone is 18. The van der Waals surface area contributed by atoms with Gasteiger partial charge in [-0.25, -0.2) is 4.57 Å². The first-order valence-electron chi connectivity index (χ1n) is 19.2. The fourth-order valence-corrected chi connectivity index (χ4v) is 4.82. The standard InChI is InChI=1S/C43H67O8P/c1-3-5-7-9-11-13-15-17-19-21-23-25-27-29-31-33-35-37-42(44)49-39-41(40-50-52(46,47)48)51-43(45)38-36-34-32-30-28-26-24-22-20-18-16-14-12-10-8-6-4-2/h6,8,11-14,17-20,23-26,29-32,41H,3-5,7,9-10,15-16,21-22,27-28,33-40H2,1-2H3,(H2,46,47,48)/b8-6+,13-11+,14-12+,19-17+,20-18+,25-23+,26-24+,31-29+,32-30+/t41-/m1/s1. The Labute approximate surface area is 315 Å². The van der Waals surface area contributed by atoms with E-state index in [1.54, 1.807) is 0 Å². The molecule has 0 saturated heterocycles. The molecule has 8 nitrogen and oxygen atoms in total. The normalized spacial score (nSPS) is 13.7. The fraction of sp³-hybridized carbons (Fsp3) is 0.535. The van der Waals surface area contributed by atoms with Crippen LogP contribution in [0.3, 0.4) is 0 Å². The molecule has 0 heterocycles. The lowest BCUT2D eigenvalue weighted by molar-refractivity contribution is -0.161. The van der Waals surface area contributed by atoms with Crippen LogP contribution in [-0.2, 0) is 28.2 Å². The third-order valence-electron chi connectivity index (χ3n) is 7.28. The van der Waals surface area contributed by atoms with Gasteiger partial charge in [-0.15, -0.1) is 0 Å². The van der Waals surface area contributed by atoms with Crippen LogP contribution in [0.1, 0.15) is 129 Å². The summed E-state index contributed by atoms with van der Waals surface area (Å²) >= 11 is 0. The summed E-state index contributed by atoms with van der Waals surface area (Å²) < 4.78 is 26.2. The Morgan fingerprint density at radius 2 is 0.904 bits per heavy atom. The van der Waals surface area contributed by atoms with Gasteiger partial charge in [0.25, 0.3) is 0 Å². The van der Waals surface area contributed by atoms with Gasteiger partial charge in [-0.2, -0.15) is 0 Å². The second-order valence-corrected chi connectivity index (χ2v) is 13.4. The Morgan fingerprint density at radius 1 is 0.519 bits per heavy atom. The van der Waals surface area contributed by atoms with Crippen molar-refractivity contribution in [3.63, 3.8) is 0 Å². The van der Waals surface area contributed by atoms with Crippen LogP contribution in [0.5, 0.6) is 0 Å². The van der Waals surface area contributed by atoms with Crippen molar-refractivity contribution in [2.24, 2.45) is 0 Å². The highest BCUT2D eigenvalue weighted by Crippen LogP contribution is 2.35. The van der Waals surface area contributed by atoms with E-state index in [9.17, 15) is 14.2 Å². The van der Waals surface area contributed by atoms with Crippen LogP contribution in [0.4, 0.5) is 0 Å². The van der Waals surface area contributed by atoms with Crippen molar-refractivity contribution in [3.8, 4) is 0 Å². The molecule has 0 saturated carbocycles. The smallest absolute Gasteiger partial charge is 0.462 e. The average molecular weight is 743 g/mol. The first-order chi connectivity index (χ1) is 25.3. The van der Waals surface area contributed by atoms with Gasteiger partial charge in [-0.1, -0.05) is 136 Å². The van der Waals surface area contributed by atoms with Crippen LogP contribution in [0.15, 0.2) is 109 Å². The minimum Gasteiger partial charge on any atom is -0.462 e. The van der Waals surface area contributed by atoms with Crippen LogP contribution in [-0.4, -0.2) is 41.0 Å². The summed E-state index contributed by atoms with van der Waals surface area (Å²) in [7, 11) is -4.79. The number of rotatable bonds is 33. The lowest BCUT2D eigenvalue weighted by Crippen LogP contribution is -2.29. The third-order valence-corrected chi connectivity index (χ3v) is 7.76. The van der Waals surface area contributed by atoms with Crippen LogP contribution < -0.4 is 0 Å². The van der Waals surface area contributed by atoms with Crippen molar-refractivity contribution in [1.29, 1.82) is 0 Å². The van der Waals surface area contributed by atoms with Crippen LogP contribution in [0.25, 0.3) is 0 Å². The summed E-state index contributed by atoms with van der Waals surface area (Å²) in [6.07, 6.45) is 52.5.